The molecule has 6 heteroatoms. The largest absolute Gasteiger partial charge is 0.505 e. The summed E-state index contributed by atoms with van der Waals surface area (Å²) in [5.41, 5.74) is 2.39. The molecule has 0 atom stereocenters. The van der Waals surface area contributed by atoms with Gasteiger partial charge in [-0.25, -0.2) is 4.98 Å². The van der Waals surface area contributed by atoms with Gasteiger partial charge in [-0.1, -0.05) is 42.5 Å². The lowest BCUT2D eigenvalue weighted by Crippen LogP contribution is -2.24. The van der Waals surface area contributed by atoms with Crippen molar-refractivity contribution < 1.29 is 19.4 Å². The Hall–Kier alpha value is -4.06. The summed E-state index contributed by atoms with van der Waals surface area (Å²) in [5, 5.41) is 14.4. The van der Waals surface area contributed by atoms with E-state index < -0.39 is 5.91 Å². The number of amides is 1. The van der Waals surface area contributed by atoms with Crippen molar-refractivity contribution in [1.82, 2.24) is 10.3 Å². The molecule has 2 N–H and O–H groups in total. The summed E-state index contributed by atoms with van der Waals surface area (Å²) in [6.07, 6.45) is 0.855. The number of aromatic hydroxyl groups is 1. The minimum Gasteiger partial charge on any atom is -0.505 e. The van der Waals surface area contributed by atoms with E-state index in [1.165, 1.54) is 11.1 Å². The number of pyridine rings is 1. The first-order chi connectivity index (χ1) is 16.1. The molecule has 1 heterocycles. The number of carbonyl (C=O) groups is 1. The van der Waals surface area contributed by atoms with Gasteiger partial charge in [0.05, 0.1) is 12.0 Å². The molecule has 0 fully saturated rings. The second-order valence-corrected chi connectivity index (χ2v) is 7.52. The molecule has 0 saturated carbocycles. The lowest BCUT2D eigenvalue weighted by molar-refractivity contribution is 0.0947. The van der Waals surface area contributed by atoms with Crippen LogP contribution >= 0.6 is 0 Å². The molecule has 168 valence electrons. The molecule has 1 aromatic heterocycles. The first kappa shape index (κ1) is 22.1. The lowest BCUT2D eigenvalue weighted by atomic mass is 10.1. The van der Waals surface area contributed by atoms with E-state index in [9.17, 15) is 9.90 Å². The Kier molecular flexibility index (Phi) is 6.74. The fourth-order valence-corrected chi connectivity index (χ4v) is 3.60. The minimum atomic E-state index is -0.450. The molecular weight excluding hydrogens is 416 g/mol. The molecule has 0 radical (unpaired) electrons. The zero-order valence-corrected chi connectivity index (χ0v) is 18.7. The highest BCUT2D eigenvalue weighted by molar-refractivity contribution is 6.03. The Balaban J connectivity index is 1.60. The zero-order valence-electron chi connectivity index (χ0n) is 18.7. The number of benzene rings is 3. The van der Waals surface area contributed by atoms with Crippen molar-refractivity contribution in [2.24, 2.45) is 0 Å². The maximum Gasteiger partial charge on any atom is 0.273 e. The number of rotatable bonds is 8. The van der Waals surface area contributed by atoms with Gasteiger partial charge in [-0.05, 0) is 61.7 Å². The summed E-state index contributed by atoms with van der Waals surface area (Å²) >= 11 is 0. The highest BCUT2D eigenvalue weighted by Crippen LogP contribution is 2.37. The topological polar surface area (TPSA) is 80.7 Å². The number of aromatic nitrogens is 1. The van der Waals surface area contributed by atoms with E-state index in [2.05, 4.69) is 22.4 Å². The number of nitrogens with zero attached hydrogens (tertiary/aromatic N) is 1. The van der Waals surface area contributed by atoms with Crippen molar-refractivity contribution >= 4 is 16.7 Å². The molecule has 4 rings (SSSR count). The smallest absolute Gasteiger partial charge is 0.273 e. The molecule has 0 spiro atoms. The second kappa shape index (κ2) is 10.0. The van der Waals surface area contributed by atoms with Gasteiger partial charge < -0.3 is 19.9 Å². The third-order valence-electron chi connectivity index (χ3n) is 5.16. The summed E-state index contributed by atoms with van der Waals surface area (Å²) in [4.78, 5) is 16.6. The third kappa shape index (κ3) is 5.06. The molecule has 6 nitrogen and oxygen atoms in total. The Labute approximate surface area is 192 Å². The van der Waals surface area contributed by atoms with Crippen LogP contribution in [0.4, 0.5) is 0 Å². The van der Waals surface area contributed by atoms with Gasteiger partial charge in [-0.3, -0.25) is 4.79 Å². The molecule has 0 aliphatic rings. The quantitative estimate of drug-likeness (QED) is 0.378. The van der Waals surface area contributed by atoms with E-state index in [0.717, 1.165) is 6.42 Å². The van der Waals surface area contributed by atoms with E-state index >= 15 is 0 Å². The van der Waals surface area contributed by atoms with Crippen LogP contribution in [0.15, 0.2) is 72.8 Å². The highest BCUT2D eigenvalue weighted by Gasteiger charge is 2.20. The van der Waals surface area contributed by atoms with Crippen LogP contribution in [0.2, 0.25) is 0 Å². The average Bonchev–Trinajstić information content (AvgIpc) is 2.83. The molecule has 0 saturated heterocycles. The first-order valence-electron chi connectivity index (χ1n) is 11.0. The average molecular weight is 443 g/mol. The highest BCUT2D eigenvalue weighted by atomic mass is 16.5. The summed E-state index contributed by atoms with van der Waals surface area (Å²) in [6, 6.07) is 23.5. The molecule has 0 aliphatic carbocycles. The number of hydrogen-bond donors (Lipinski definition) is 2. The second-order valence-electron chi connectivity index (χ2n) is 7.52. The minimum absolute atomic E-state index is 0.0597. The Morgan fingerprint density at radius 1 is 0.909 bits per heavy atom. The summed E-state index contributed by atoms with van der Waals surface area (Å²) in [5.74, 6) is 0.909. The van der Waals surface area contributed by atoms with Crippen LogP contribution in [-0.2, 0) is 6.42 Å². The third-order valence-corrected chi connectivity index (χ3v) is 5.16. The maximum absolute atomic E-state index is 12.3. The van der Waals surface area contributed by atoms with E-state index in [1.54, 1.807) is 25.1 Å². The standard InChI is InChI=1S/C27H26N2O4/c1-3-28-26(31)24-25(30)22-15-14-21(17-23(22)27(29-24)32-4-2)33-20-12-10-19(11-13-20)16-18-8-6-5-7-9-18/h5-15,17,30H,3-4,16H2,1-2H3,(H,28,31). The van der Waals surface area contributed by atoms with E-state index in [-0.39, 0.29) is 17.3 Å². The van der Waals surface area contributed by atoms with Crippen molar-refractivity contribution in [2.45, 2.75) is 20.3 Å². The van der Waals surface area contributed by atoms with E-state index in [1.807, 2.05) is 49.4 Å². The molecule has 0 bridgehead atoms. The fraction of sp³-hybridized carbons (Fsp3) is 0.185. The Morgan fingerprint density at radius 3 is 2.30 bits per heavy atom. The first-order valence-corrected chi connectivity index (χ1v) is 11.0. The molecule has 1 amide bonds. The van der Waals surface area contributed by atoms with Gasteiger partial charge in [-0.2, -0.15) is 0 Å². The normalized spacial score (nSPS) is 10.7. The molecule has 0 unspecified atom stereocenters. The maximum atomic E-state index is 12.3. The van der Waals surface area contributed by atoms with Gasteiger partial charge in [0.1, 0.15) is 11.5 Å². The van der Waals surface area contributed by atoms with Crippen molar-refractivity contribution in [1.29, 1.82) is 0 Å². The van der Waals surface area contributed by atoms with E-state index in [0.29, 0.717) is 35.4 Å². The van der Waals surface area contributed by atoms with Crippen LogP contribution < -0.4 is 14.8 Å². The van der Waals surface area contributed by atoms with Crippen molar-refractivity contribution in [3.63, 3.8) is 0 Å². The molecule has 0 aliphatic heterocycles. The monoisotopic (exact) mass is 442 g/mol. The van der Waals surface area contributed by atoms with Crippen LogP contribution in [0, 0.1) is 0 Å². The number of hydrogen-bond acceptors (Lipinski definition) is 5. The van der Waals surface area contributed by atoms with Crippen molar-refractivity contribution in [3.05, 3.63) is 89.6 Å². The predicted molar refractivity (Wildman–Crippen MR) is 128 cm³/mol. The van der Waals surface area contributed by atoms with E-state index in [4.69, 9.17) is 9.47 Å². The van der Waals surface area contributed by atoms with Gasteiger partial charge in [0.2, 0.25) is 5.88 Å². The van der Waals surface area contributed by atoms with Gasteiger partial charge in [0.25, 0.3) is 5.91 Å². The molecule has 3 aromatic carbocycles. The van der Waals surface area contributed by atoms with Crippen molar-refractivity contribution in [3.8, 4) is 23.1 Å². The Bertz CT molecular complexity index is 1250. The van der Waals surface area contributed by atoms with Crippen LogP contribution in [0.1, 0.15) is 35.5 Å². The van der Waals surface area contributed by atoms with Gasteiger partial charge >= 0.3 is 0 Å². The van der Waals surface area contributed by atoms with Gasteiger partial charge in [-0.15, -0.1) is 0 Å². The Morgan fingerprint density at radius 2 is 1.61 bits per heavy atom. The zero-order chi connectivity index (χ0) is 23.2. The van der Waals surface area contributed by atoms with Crippen LogP contribution in [0.25, 0.3) is 10.8 Å². The summed E-state index contributed by atoms with van der Waals surface area (Å²) < 4.78 is 11.7. The predicted octanol–water partition coefficient (Wildman–Crippen LogP) is 5.47. The molecule has 4 aromatic rings. The number of nitrogens with one attached hydrogen (secondary N) is 1. The van der Waals surface area contributed by atoms with Crippen LogP contribution in [-0.4, -0.2) is 29.1 Å². The number of fused-ring (bicyclic) bond motifs is 1. The fourth-order valence-electron chi connectivity index (χ4n) is 3.60. The van der Waals surface area contributed by atoms with Gasteiger partial charge in [0, 0.05) is 11.9 Å². The molecular formula is C27H26N2O4. The van der Waals surface area contributed by atoms with Crippen LogP contribution in [0.3, 0.4) is 0 Å². The summed E-state index contributed by atoms with van der Waals surface area (Å²) in [6.45, 7) is 4.44. The van der Waals surface area contributed by atoms with Crippen LogP contribution in [0.5, 0.6) is 23.1 Å². The number of ether oxygens (including phenoxy) is 2. The molecule has 33 heavy (non-hydrogen) atoms. The number of carbonyl (C=O) groups excluding carboxylic acids is 1. The van der Waals surface area contributed by atoms with Gasteiger partial charge in [0.15, 0.2) is 11.4 Å². The summed E-state index contributed by atoms with van der Waals surface area (Å²) in [7, 11) is 0. The lowest BCUT2D eigenvalue weighted by Gasteiger charge is -2.13. The SMILES string of the molecule is CCNC(=O)c1nc(OCC)c2cc(Oc3ccc(Cc4ccccc4)cc3)ccc2c1O. The van der Waals surface area contributed by atoms with Crippen molar-refractivity contribution in [2.75, 3.05) is 13.2 Å².